The van der Waals surface area contributed by atoms with Crippen molar-refractivity contribution >= 4 is 11.8 Å². The highest BCUT2D eigenvalue weighted by Gasteiger charge is 2.25. The molecule has 2 atom stereocenters. The third-order valence-corrected chi connectivity index (χ3v) is 4.64. The van der Waals surface area contributed by atoms with Crippen molar-refractivity contribution in [3.05, 3.63) is 0 Å². The molecule has 0 aromatic heterocycles. The largest absolute Gasteiger partial charge is 0.388 e. The molecule has 0 bridgehead atoms. The van der Waals surface area contributed by atoms with Crippen molar-refractivity contribution < 1.29 is 5.11 Å². The van der Waals surface area contributed by atoms with Crippen LogP contribution in [0.5, 0.6) is 0 Å². The smallest absolute Gasteiger partial charge is 0.0833 e. The third-order valence-electron chi connectivity index (χ3n) is 3.73. The maximum absolute atomic E-state index is 10.1. The predicted molar refractivity (Wildman–Crippen MR) is 76.7 cm³/mol. The molecule has 1 aliphatic rings. The van der Waals surface area contributed by atoms with E-state index in [-0.39, 0.29) is 0 Å². The van der Waals surface area contributed by atoms with E-state index < -0.39 is 5.60 Å². The van der Waals surface area contributed by atoms with Gasteiger partial charge in [-0.2, -0.15) is 11.8 Å². The lowest BCUT2D eigenvalue weighted by Crippen LogP contribution is -2.47. The van der Waals surface area contributed by atoms with Gasteiger partial charge >= 0.3 is 0 Å². The molecule has 0 amide bonds. The molecule has 2 N–H and O–H groups in total. The van der Waals surface area contributed by atoms with Crippen LogP contribution in [0.1, 0.15) is 26.7 Å². The van der Waals surface area contributed by atoms with Gasteiger partial charge < -0.3 is 15.3 Å². The Bertz CT molecular complexity index is 215. The van der Waals surface area contributed by atoms with E-state index in [1.807, 2.05) is 13.2 Å². The zero-order valence-electron chi connectivity index (χ0n) is 11.7. The summed E-state index contributed by atoms with van der Waals surface area (Å²) in [5.74, 6) is 1.55. The standard InChI is InChI=1S/C13H28N2OS/c1-11(12-5-7-15(3)8-6-12)14-9-13(2,16)10-17-4/h11-12,14,16H,5-10H2,1-4H3. The molecular weight excluding hydrogens is 232 g/mol. The third kappa shape index (κ3) is 5.60. The van der Waals surface area contributed by atoms with E-state index in [9.17, 15) is 5.11 Å². The van der Waals surface area contributed by atoms with Gasteiger partial charge in [-0.05, 0) is 59.0 Å². The van der Waals surface area contributed by atoms with Gasteiger partial charge in [-0.15, -0.1) is 0 Å². The minimum absolute atomic E-state index is 0.511. The highest BCUT2D eigenvalue weighted by molar-refractivity contribution is 7.98. The summed E-state index contributed by atoms with van der Waals surface area (Å²) in [6, 6.07) is 0.511. The van der Waals surface area contributed by atoms with Crippen LogP contribution in [0, 0.1) is 5.92 Å². The van der Waals surface area contributed by atoms with E-state index in [0.29, 0.717) is 12.6 Å². The molecule has 3 nitrogen and oxygen atoms in total. The maximum Gasteiger partial charge on any atom is 0.0833 e. The Balaban J connectivity index is 2.27. The zero-order valence-corrected chi connectivity index (χ0v) is 12.5. The van der Waals surface area contributed by atoms with Crippen LogP contribution in [0.3, 0.4) is 0 Å². The quantitative estimate of drug-likeness (QED) is 0.757. The van der Waals surface area contributed by atoms with Gasteiger partial charge in [0.1, 0.15) is 0 Å². The van der Waals surface area contributed by atoms with Crippen molar-refractivity contribution in [2.45, 2.75) is 38.3 Å². The summed E-state index contributed by atoms with van der Waals surface area (Å²) in [6.07, 6.45) is 4.58. The summed E-state index contributed by atoms with van der Waals surface area (Å²) in [4.78, 5) is 2.40. The van der Waals surface area contributed by atoms with Crippen LogP contribution in [0.15, 0.2) is 0 Å². The topological polar surface area (TPSA) is 35.5 Å². The van der Waals surface area contributed by atoms with Gasteiger partial charge in [0.15, 0.2) is 0 Å². The molecule has 17 heavy (non-hydrogen) atoms. The lowest BCUT2D eigenvalue weighted by molar-refractivity contribution is 0.0762. The number of piperidine rings is 1. The molecule has 0 saturated carbocycles. The second-order valence-corrected chi connectivity index (χ2v) is 6.61. The summed E-state index contributed by atoms with van der Waals surface area (Å²) in [5.41, 5.74) is -0.584. The Morgan fingerprint density at radius 1 is 1.47 bits per heavy atom. The zero-order chi connectivity index (χ0) is 12.9. The van der Waals surface area contributed by atoms with Gasteiger partial charge in [0.05, 0.1) is 5.60 Å². The molecule has 0 aromatic carbocycles. The minimum atomic E-state index is -0.584. The van der Waals surface area contributed by atoms with E-state index in [2.05, 4.69) is 24.2 Å². The number of rotatable bonds is 6. The van der Waals surface area contributed by atoms with Crippen LogP contribution in [-0.2, 0) is 0 Å². The van der Waals surface area contributed by atoms with E-state index in [0.717, 1.165) is 11.7 Å². The first-order chi connectivity index (χ1) is 7.94. The molecule has 4 heteroatoms. The molecule has 1 saturated heterocycles. The summed E-state index contributed by atoms with van der Waals surface area (Å²) in [5, 5.41) is 13.6. The average molecular weight is 260 g/mol. The normalized spacial score (nSPS) is 24.5. The van der Waals surface area contributed by atoms with Crippen molar-refractivity contribution in [2.24, 2.45) is 5.92 Å². The molecule has 0 spiro atoms. The number of nitrogens with zero attached hydrogens (tertiary/aromatic N) is 1. The molecule has 0 radical (unpaired) electrons. The first-order valence-electron chi connectivity index (χ1n) is 6.58. The Kier molecular flexibility index (Phi) is 6.27. The van der Waals surface area contributed by atoms with E-state index in [4.69, 9.17) is 0 Å². The Labute approximate surface area is 110 Å². The second kappa shape index (κ2) is 6.98. The number of hydrogen-bond donors (Lipinski definition) is 2. The van der Waals surface area contributed by atoms with Crippen LogP contribution in [0.4, 0.5) is 0 Å². The molecule has 1 heterocycles. The molecule has 1 rings (SSSR count). The molecule has 0 aromatic rings. The van der Waals surface area contributed by atoms with Crippen molar-refractivity contribution in [2.75, 3.05) is 38.7 Å². The van der Waals surface area contributed by atoms with Crippen LogP contribution in [0.25, 0.3) is 0 Å². The highest BCUT2D eigenvalue weighted by atomic mass is 32.2. The Morgan fingerprint density at radius 2 is 2.06 bits per heavy atom. The fraction of sp³-hybridized carbons (Fsp3) is 1.00. The van der Waals surface area contributed by atoms with Gasteiger partial charge in [-0.3, -0.25) is 0 Å². The average Bonchev–Trinajstić information content (AvgIpc) is 2.27. The monoisotopic (exact) mass is 260 g/mol. The second-order valence-electron chi connectivity index (χ2n) is 5.74. The SMILES string of the molecule is CSCC(C)(O)CNC(C)C1CCN(C)CC1. The summed E-state index contributed by atoms with van der Waals surface area (Å²) >= 11 is 1.70. The van der Waals surface area contributed by atoms with E-state index in [1.165, 1.54) is 25.9 Å². The number of aliphatic hydroxyl groups is 1. The van der Waals surface area contributed by atoms with E-state index in [1.54, 1.807) is 11.8 Å². The number of likely N-dealkylation sites (tertiary alicyclic amines) is 1. The van der Waals surface area contributed by atoms with Gasteiger partial charge in [-0.1, -0.05) is 0 Å². The van der Waals surface area contributed by atoms with Crippen LogP contribution < -0.4 is 5.32 Å². The van der Waals surface area contributed by atoms with Gasteiger partial charge in [-0.25, -0.2) is 0 Å². The lowest BCUT2D eigenvalue weighted by Gasteiger charge is -2.34. The van der Waals surface area contributed by atoms with E-state index >= 15 is 0 Å². The molecule has 0 aliphatic carbocycles. The fourth-order valence-electron chi connectivity index (χ4n) is 2.44. The number of thioether (sulfide) groups is 1. The molecule has 1 aliphatic heterocycles. The first kappa shape index (κ1) is 15.3. The van der Waals surface area contributed by atoms with Gasteiger partial charge in [0.2, 0.25) is 0 Å². The van der Waals surface area contributed by atoms with Crippen LogP contribution >= 0.6 is 11.8 Å². The predicted octanol–water partition coefficient (Wildman–Crippen LogP) is 1.42. The lowest BCUT2D eigenvalue weighted by atomic mass is 9.90. The summed E-state index contributed by atoms with van der Waals surface area (Å²) in [6.45, 7) is 7.28. The fourth-order valence-corrected chi connectivity index (χ4v) is 3.16. The van der Waals surface area contributed by atoms with Crippen molar-refractivity contribution in [3.63, 3.8) is 0 Å². The maximum atomic E-state index is 10.1. The summed E-state index contributed by atoms with van der Waals surface area (Å²) in [7, 11) is 2.19. The Hall–Kier alpha value is 0.230. The molecular formula is C13H28N2OS. The van der Waals surface area contributed by atoms with Crippen LogP contribution in [-0.4, -0.2) is 60.3 Å². The van der Waals surface area contributed by atoms with Gasteiger partial charge in [0.25, 0.3) is 0 Å². The van der Waals surface area contributed by atoms with Crippen molar-refractivity contribution in [1.82, 2.24) is 10.2 Å². The Morgan fingerprint density at radius 3 is 2.59 bits per heavy atom. The molecule has 102 valence electrons. The highest BCUT2D eigenvalue weighted by Crippen LogP contribution is 2.20. The van der Waals surface area contributed by atoms with Crippen LogP contribution in [0.2, 0.25) is 0 Å². The van der Waals surface area contributed by atoms with Gasteiger partial charge in [0, 0.05) is 18.3 Å². The summed E-state index contributed by atoms with van der Waals surface area (Å²) < 4.78 is 0. The number of hydrogen-bond acceptors (Lipinski definition) is 4. The molecule has 2 unspecified atom stereocenters. The molecule has 1 fully saturated rings. The minimum Gasteiger partial charge on any atom is -0.388 e. The van der Waals surface area contributed by atoms with Crippen molar-refractivity contribution in [3.8, 4) is 0 Å². The van der Waals surface area contributed by atoms with Crippen molar-refractivity contribution in [1.29, 1.82) is 0 Å². The number of nitrogens with one attached hydrogen (secondary N) is 1. The first-order valence-corrected chi connectivity index (χ1v) is 7.97.